The van der Waals surface area contributed by atoms with Crippen molar-refractivity contribution >= 4 is 12.1 Å². The zero-order valence-corrected chi connectivity index (χ0v) is 12.4. The molecule has 6 nitrogen and oxygen atoms in total. The Balaban J connectivity index is 4.15. The standard InChI is InChI=1S/C12H25N3O3/c1-9(8-15(7)11(17)14(5)6)13-10(16)18-12(2,3)4/h9H,8H2,1-7H3,(H,13,16)/t9-/m0/s1. The van der Waals surface area contributed by atoms with E-state index >= 15 is 0 Å². The fourth-order valence-electron chi connectivity index (χ4n) is 1.38. The van der Waals surface area contributed by atoms with Crippen molar-refractivity contribution in [2.75, 3.05) is 27.7 Å². The van der Waals surface area contributed by atoms with Crippen LogP contribution in [0.5, 0.6) is 0 Å². The van der Waals surface area contributed by atoms with E-state index in [0.717, 1.165) is 0 Å². The molecule has 0 saturated carbocycles. The van der Waals surface area contributed by atoms with Crippen LogP contribution in [0.3, 0.4) is 0 Å². The molecular formula is C12H25N3O3. The average molecular weight is 259 g/mol. The van der Waals surface area contributed by atoms with E-state index in [0.29, 0.717) is 6.54 Å². The molecule has 0 bridgehead atoms. The number of ether oxygens (including phenoxy) is 1. The summed E-state index contributed by atoms with van der Waals surface area (Å²) in [4.78, 5) is 26.1. The van der Waals surface area contributed by atoms with Gasteiger partial charge in [-0.1, -0.05) is 0 Å². The van der Waals surface area contributed by atoms with Crippen LogP contribution >= 0.6 is 0 Å². The summed E-state index contributed by atoms with van der Waals surface area (Å²) in [5.74, 6) is 0. The molecular weight excluding hydrogens is 234 g/mol. The van der Waals surface area contributed by atoms with Crippen LogP contribution in [0.1, 0.15) is 27.7 Å². The third-order valence-corrected chi connectivity index (χ3v) is 2.02. The molecule has 1 atom stereocenters. The lowest BCUT2D eigenvalue weighted by molar-refractivity contribution is 0.0500. The molecule has 3 amide bonds. The number of hydrogen-bond donors (Lipinski definition) is 1. The topological polar surface area (TPSA) is 61.9 Å². The Morgan fingerprint density at radius 1 is 1.22 bits per heavy atom. The lowest BCUT2D eigenvalue weighted by atomic mass is 10.2. The Bertz CT molecular complexity index is 297. The number of hydrogen-bond acceptors (Lipinski definition) is 3. The Morgan fingerprint density at radius 3 is 2.11 bits per heavy atom. The molecule has 0 spiro atoms. The molecule has 0 aliphatic heterocycles. The van der Waals surface area contributed by atoms with Crippen LogP contribution in [0.2, 0.25) is 0 Å². The van der Waals surface area contributed by atoms with Gasteiger partial charge in [0.1, 0.15) is 5.60 Å². The van der Waals surface area contributed by atoms with E-state index < -0.39 is 11.7 Å². The summed E-state index contributed by atoms with van der Waals surface area (Å²) in [6, 6.07) is -0.276. The summed E-state index contributed by atoms with van der Waals surface area (Å²) >= 11 is 0. The van der Waals surface area contributed by atoms with Crippen LogP contribution in [0.4, 0.5) is 9.59 Å². The molecule has 0 heterocycles. The maximum absolute atomic E-state index is 11.6. The van der Waals surface area contributed by atoms with Crippen molar-refractivity contribution in [3.05, 3.63) is 0 Å². The van der Waals surface area contributed by atoms with E-state index in [9.17, 15) is 9.59 Å². The molecule has 18 heavy (non-hydrogen) atoms. The summed E-state index contributed by atoms with van der Waals surface area (Å²) in [5.41, 5.74) is -0.519. The fraction of sp³-hybridized carbons (Fsp3) is 0.833. The number of carbonyl (C=O) groups excluding carboxylic acids is 2. The van der Waals surface area contributed by atoms with Gasteiger partial charge in [0, 0.05) is 33.7 Å². The lowest BCUT2D eigenvalue weighted by Gasteiger charge is -2.26. The Labute approximate surface area is 109 Å². The normalized spacial score (nSPS) is 12.6. The van der Waals surface area contributed by atoms with Crippen LogP contribution < -0.4 is 5.32 Å². The van der Waals surface area contributed by atoms with Gasteiger partial charge in [0.2, 0.25) is 0 Å². The highest BCUT2D eigenvalue weighted by molar-refractivity contribution is 5.73. The minimum atomic E-state index is -0.519. The Hall–Kier alpha value is -1.46. The third kappa shape index (κ3) is 6.98. The summed E-state index contributed by atoms with van der Waals surface area (Å²) in [7, 11) is 5.06. The highest BCUT2D eigenvalue weighted by Crippen LogP contribution is 2.06. The van der Waals surface area contributed by atoms with E-state index in [-0.39, 0.29) is 12.1 Å². The maximum Gasteiger partial charge on any atom is 0.407 e. The Kier molecular flexibility index (Phi) is 5.94. The van der Waals surface area contributed by atoms with Crippen LogP contribution in [0, 0.1) is 0 Å². The van der Waals surface area contributed by atoms with E-state index in [1.54, 1.807) is 46.8 Å². The van der Waals surface area contributed by atoms with Crippen molar-refractivity contribution in [1.82, 2.24) is 15.1 Å². The zero-order chi connectivity index (χ0) is 14.5. The predicted octanol–water partition coefficient (Wildman–Crippen LogP) is 1.51. The van der Waals surface area contributed by atoms with Crippen molar-refractivity contribution in [2.24, 2.45) is 0 Å². The summed E-state index contributed by atoms with van der Waals surface area (Å²) in [6.45, 7) is 7.66. The SMILES string of the molecule is C[C@@H](CN(C)C(=O)N(C)C)NC(=O)OC(C)(C)C. The van der Waals surface area contributed by atoms with Crippen molar-refractivity contribution in [3.8, 4) is 0 Å². The molecule has 0 fully saturated rings. The first-order valence-electron chi connectivity index (χ1n) is 5.95. The van der Waals surface area contributed by atoms with Gasteiger partial charge in [-0.25, -0.2) is 9.59 Å². The highest BCUT2D eigenvalue weighted by atomic mass is 16.6. The van der Waals surface area contributed by atoms with Crippen LogP contribution in [-0.2, 0) is 4.74 Å². The van der Waals surface area contributed by atoms with Crippen molar-refractivity contribution < 1.29 is 14.3 Å². The molecule has 0 unspecified atom stereocenters. The molecule has 1 N–H and O–H groups in total. The summed E-state index contributed by atoms with van der Waals surface area (Å²) in [6.07, 6.45) is -0.472. The molecule has 0 aromatic heterocycles. The van der Waals surface area contributed by atoms with Gasteiger partial charge in [0.15, 0.2) is 0 Å². The van der Waals surface area contributed by atoms with E-state index in [1.807, 2.05) is 6.92 Å². The third-order valence-electron chi connectivity index (χ3n) is 2.02. The number of nitrogens with one attached hydrogen (secondary N) is 1. The van der Waals surface area contributed by atoms with Crippen LogP contribution in [0.25, 0.3) is 0 Å². The lowest BCUT2D eigenvalue weighted by Crippen LogP contribution is -2.46. The van der Waals surface area contributed by atoms with Crippen LogP contribution in [-0.4, -0.2) is 61.3 Å². The number of urea groups is 1. The zero-order valence-electron chi connectivity index (χ0n) is 12.4. The number of carbonyl (C=O) groups is 2. The first-order chi connectivity index (χ1) is 8.03. The van der Waals surface area contributed by atoms with E-state index in [1.165, 1.54) is 4.90 Å². The minimum Gasteiger partial charge on any atom is -0.444 e. The highest BCUT2D eigenvalue weighted by Gasteiger charge is 2.19. The summed E-state index contributed by atoms with van der Waals surface area (Å²) < 4.78 is 5.13. The molecule has 0 aromatic carbocycles. The molecule has 6 heteroatoms. The number of likely N-dealkylation sites (N-methyl/N-ethyl adjacent to an activating group) is 1. The van der Waals surface area contributed by atoms with Crippen molar-refractivity contribution in [1.29, 1.82) is 0 Å². The molecule has 0 saturated heterocycles. The van der Waals surface area contributed by atoms with Gasteiger partial charge >= 0.3 is 12.1 Å². The number of alkyl carbamates (subject to hydrolysis) is 1. The summed E-state index contributed by atoms with van der Waals surface area (Å²) in [5, 5.41) is 2.69. The smallest absolute Gasteiger partial charge is 0.407 e. The predicted molar refractivity (Wildman–Crippen MR) is 70.5 cm³/mol. The molecule has 0 aliphatic carbocycles. The average Bonchev–Trinajstić information content (AvgIpc) is 2.12. The number of nitrogens with zero attached hydrogens (tertiary/aromatic N) is 2. The van der Waals surface area contributed by atoms with Crippen LogP contribution in [0.15, 0.2) is 0 Å². The van der Waals surface area contributed by atoms with Gasteiger partial charge in [0.25, 0.3) is 0 Å². The van der Waals surface area contributed by atoms with Gasteiger partial charge in [0.05, 0.1) is 0 Å². The number of rotatable bonds is 3. The maximum atomic E-state index is 11.6. The molecule has 106 valence electrons. The second kappa shape index (κ2) is 6.47. The first kappa shape index (κ1) is 16.5. The van der Waals surface area contributed by atoms with Crippen molar-refractivity contribution in [3.63, 3.8) is 0 Å². The second-order valence-corrected chi connectivity index (χ2v) is 5.60. The minimum absolute atomic E-state index is 0.104. The van der Waals surface area contributed by atoms with Crippen molar-refractivity contribution in [2.45, 2.75) is 39.3 Å². The second-order valence-electron chi connectivity index (χ2n) is 5.60. The van der Waals surface area contributed by atoms with Gasteiger partial charge in [-0.15, -0.1) is 0 Å². The van der Waals surface area contributed by atoms with Gasteiger partial charge in [-0.05, 0) is 27.7 Å². The van der Waals surface area contributed by atoms with Gasteiger partial charge < -0.3 is 19.9 Å². The largest absolute Gasteiger partial charge is 0.444 e. The van der Waals surface area contributed by atoms with Gasteiger partial charge in [-0.3, -0.25) is 0 Å². The molecule has 0 radical (unpaired) electrons. The Morgan fingerprint density at radius 2 is 1.72 bits per heavy atom. The first-order valence-corrected chi connectivity index (χ1v) is 5.95. The molecule has 0 rings (SSSR count). The fourth-order valence-corrected chi connectivity index (χ4v) is 1.38. The quantitative estimate of drug-likeness (QED) is 0.835. The monoisotopic (exact) mass is 259 g/mol. The van der Waals surface area contributed by atoms with E-state index in [2.05, 4.69) is 5.32 Å². The molecule has 0 aliphatic rings. The molecule has 0 aromatic rings. The van der Waals surface area contributed by atoms with E-state index in [4.69, 9.17) is 4.74 Å². The van der Waals surface area contributed by atoms with Gasteiger partial charge in [-0.2, -0.15) is 0 Å². The number of amides is 3.